The molecular weight excluding hydrogens is 214 g/mol. The van der Waals surface area contributed by atoms with Crippen LogP contribution in [0.1, 0.15) is 29.5 Å². The molecule has 1 aliphatic heterocycles. The highest BCUT2D eigenvalue weighted by Gasteiger charge is 2.33. The summed E-state index contributed by atoms with van der Waals surface area (Å²) < 4.78 is 5.25. The highest BCUT2D eigenvalue weighted by molar-refractivity contribution is 5.44. The maximum absolute atomic E-state index is 10.8. The summed E-state index contributed by atoms with van der Waals surface area (Å²) in [7, 11) is 1.67. The topological polar surface area (TPSA) is 41.5 Å². The van der Waals surface area contributed by atoms with Crippen molar-refractivity contribution in [1.82, 2.24) is 5.32 Å². The maximum atomic E-state index is 10.8. The van der Waals surface area contributed by atoms with Gasteiger partial charge in [0.15, 0.2) is 0 Å². The average molecular weight is 235 g/mol. The van der Waals surface area contributed by atoms with Crippen LogP contribution in [0.5, 0.6) is 5.75 Å². The number of hydrogen-bond acceptors (Lipinski definition) is 3. The van der Waals surface area contributed by atoms with Gasteiger partial charge in [0.05, 0.1) is 7.11 Å². The second-order valence-corrected chi connectivity index (χ2v) is 4.95. The summed E-state index contributed by atoms with van der Waals surface area (Å²) in [5.74, 6) is 0.858. The van der Waals surface area contributed by atoms with Gasteiger partial charge in [-0.1, -0.05) is 0 Å². The molecule has 3 nitrogen and oxygen atoms in total. The van der Waals surface area contributed by atoms with E-state index in [2.05, 4.69) is 5.32 Å². The molecule has 1 unspecified atom stereocenters. The molecule has 3 heteroatoms. The van der Waals surface area contributed by atoms with E-state index in [4.69, 9.17) is 4.74 Å². The van der Waals surface area contributed by atoms with Gasteiger partial charge in [0.1, 0.15) is 11.4 Å². The Kier molecular flexibility index (Phi) is 3.40. The van der Waals surface area contributed by atoms with Crippen LogP contribution in [0.4, 0.5) is 0 Å². The molecule has 0 spiro atoms. The molecular formula is C14H21NO2. The predicted octanol–water partition coefficient (Wildman–Crippen LogP) is 1.88. The van der Waals surface area contributed by atoms with E-state index >= 15 is 0 Å². The van der Waals surface area contributed by atoms with Crippen LogP contribution < -0.4 is 10.1 Å². The quantitative estimate of drug-likeness (QED) is 0.822. The Balaban J connectivity index is 2.44. The second kappa shape index (κ2) is 4.67. The second-order valence-electron chi connectivity index (χ2n) is 4.95. The lowest BCUT2D eigenvalue weighted by Gasteiger charge is -2.35. The molecule has 1 atom stereocenters. The van der Waals surface area contributed by atoms with E-state index in [1.165, 1.54) is 0 Å². The third-order valence-corrected chi connectivity index (χ3v) is 3.57. The average Bonchev–Trinajstić information content (AvgIpc) is 2.28. The fraction of sp³-hybridized carbons (Fsp3) is 0.571. The molecule has 1 saturated heterocycles. The molecule has 1 aliphatic rings. The zero-order chi connectivity index (χ0) is 12.5. The van der Waals surface area contributed by atoms with Crippen molar-refractivity contribution in [1.29, 1.82) is 0 Å². The molecule has 0 amide bonds. The lowest BCUT2D eigenvalue weighted by Crippen LogP contribution is -2.44. The minimum Gasteiger partial charge on any atom is -0.497 e. The van der Waals surface area contributed by atoms with E-state index in [-0.39, 0.29) is 0 Å². The summed E-state index contributed by atoms with van der Waals surface area (Å²) in [5, 5.41) is 14.0. The van der Waals surface area contributed by atoms with Crippen LogP contribution in [-0.2, 0) is 5.60 Å². The van der Waals surface area contributed by atoms with Crippen molar-refractivity contribution in [2.45, 2.75) is 32.3 Å². The molecule has 2 N–H and O–H groups in total. The van der Waals surface area contributed by atoms with Crippen molar-refractivity contribution in [2.75, 3.05) is 20.2 Å². The number of benzene rings is 1. The number of aryl methyl sites for hydroxylation is 2. The van der Waals surface area contributed by atoms with Gasteiger partial charge in [-0.2, -0.15) is 0 Å². The Morgan fingerprint density at radius 3 is 2.41 bits per heavy atom. The summed E-state index contributed by atoms with van der Waals surface area (Å²) in [6.45, 7) is 5.71. The lowest BCUT2D eigenvalue weighted by atomic mass is 9.81. The van der Waals surface area contributed by atoms with Crippen LogP contribution in [0, 0.1) is 13.8 Å². The standard InChI is InChI=1S/C14H21NO2/c1-10-7-12(17-3)8-11(2)13(10)14(16)5-4-6-15-9-14/h7-8,15-16H,4-6,9H2,1-3H3. The fourth-order valence-corrected chi connectivity index (χ4v) is 2.88. The van der Waals surface area contributed by atoms with Gasteiger partial charge < -0.3 is 15.2 Å². The van der Waals surface area contributed by atoms with E-state index in [1.807, 2.05) is 26.0 Å². The molecule has 0 radical (unpaired) electrons. The molecule has 1 aromatic carbocycles. The largest absolute Gasteiger partial charge is 0.497 e. The first-order valence-electron chi connectivity index (χ1n) is 6.15. The van der Waals surface area contributed by atoms with Gasteiger partial charge in [0.2, 0.25) is 0 Å². The number of ether oxygens (including phenoxy) is 1. The van der Waals surface area contributed by atoms with Crippen molar-refractivity contribution in [2.24, 2.45) is 0 Å². The van der Waals surface area contributed by atoms with Crippen molar-refractivity contribution in [3.05, 3.63) is 28.8 Å². The molecule has 0 saturated carbocycles. The Bertz CT molecular complexity index is 386. The van der Waals surface area contributed by atoms with Crippen molar-refractivity contribution in [3.8, 4) is 5.75 Å². The maximum Gasteiger partial charge on any atom is 0.119 e. The van der Waals surface area contributed by atoms with E-state index in [0.717, 1.165) is 41.8 Å². The van der Waals surface area contributed by atoms with Crippen LogP contribution in [0.15, 0.2) is 12.1 Å². The minimum atomic E-state index is -0.724. The Morgan fingerprint density at radius 1 is 1.29 bits per heavy atom. The van der Waals surface area contributed by atoms with Gasteiger partial charge in [-0.05, 0) is 62.1 Å². The lowest BCUT2D eigenvalue weighted by molar-refractivity contribution is 0.0111. The molecule has 1 fully saturated rings. The van der Waals surface area contributed by atoms with Crippen LogP contribution >= 0.6 is 0 Å². The number of rotatable bonds is 2. The first-order valence-corrected chi connectivity index (χ1v) is 6.15. The monoisotopic (exact) mass is 235 g/mol. The zero-order valence-electron chi connectivity index (χ0n) is 10.8. The van der Waals surface area contributed by atoms with E-state index in [0.29, 0.717) is 6.54 Å². The van der Waals surface area contributed by atoms with Crippen molar-refractivity contribution < 1.29 is 9.84 Å². The van der Waals surface area contributed by atoms with E-state index in [9.17, 15) is 5.11 Å². The first kappa shape index (κ1) is 12.4. The van der Waals surface area contributed by atoms with Gasteiger partial charge in [-0.3, -0.25) is 0 Å². The van der Waals surface area contributed by atoms with Crippen LogP contribution in [0.2, 0.25) is 0 Å². The molecule has 17 heavy (non-hydrogen) atoms. The molecule has 0 bridgehead atoms. The molecule has 0 aromatic heterocycles. The predicted molar refractivity (Wildman–Crippen MR) is 68.5 cm³/mol. The number of hydrogen-bond donors (Lipinski definition) is 2. The number of piperidine rings is 1. The highest BCUT2D eigenvalue weighted by Crippen LogP contribution is 2.35. The molecule has 1 heterocycles. The number of β-amino-alcohol motifs (C(OH)–C–C–N with tert-alkyl or cyclic N) is 1. The van der Waals surface area contributed by atoms with Gasteiger partial charge in [-0.15, -0.1) is 0 Å². The van der Waals surface area contributed by atoms with Crippen LogP contribution in [0.25, 0.3) is 0 Å². The van der Waals surface area contributed by atoms with Crippen LogP contribution in [0.3, 0.4) is 0 Å². The normalized spacial score (nSPS) is 24.7. The van der Waals surface area contributed by atoms with E-state index in [1.54, 1.807) is 7.11 Å². The number of nitrogens with one attached hydrogen (secondary N) is 1. The summed E-state index contributed by atoms with van der Waals surface area (Å²) in [6, 6.07) is 3.99. The zero-order valence-corrected chi connectivity index (χ0v) is 10.8. The number of methoxy groups -OCH3 is 1. The van der Waals surface area contributed by atoms with Gasteiger partial charge in [0.25, 0.3) is 0 Å². The van der Waals surface area contributed by atoms with Crippen molar-refractivity contribution >= 4 is 0 Å². The third-order valence-electron chi connectivity index (χ3n) is 3.57. The third kappa shape index (κ3) is 2.31. The highest BCUT2D eigenvalue weighted by atomic mass is 16.5. The van der Waals surface area contributed by atoms with Crippen LogP contribution in [-0.4, -0.2) is 25.3 Å². The fourth-order valence-electron chi connectivity index (χ4n) is 2.88. The molecule has 94 valence electrons. The first-order chi connectivity index (χ1) is 8.07. The minimum absolute atomic E-state index is 0.640. The molecule has 0 aliphatic carbocycles. The smallest absolute Gasteiger partial charge is 0.119 e. The SMILES string of the molecule is COc1cc(C)c(C2(O)CCCNC2)c(C)c1. The molecule has 2 rings (SSSR count). The Labute approximate surface area is 103 Å². The van der Waals surface area contributed by atoms with E-state index < -0.39 is 5.60 Å². The Morgan fingerprint density at radius 2 is 1.94 bits per heavy atom. The van der Waals surface area contributed by atoms with Gasteiger partial charge in [-0.25, -0.2) is 0 Å². The van der Waals surface area contributed by atoms with Gasteiger partial charge >= 0.3 is 0 Å². The Hall–Kier alpha value is -1.06. The van der Waals surface area contributed by atoms with Gasteiger partial charge in [0, 0.05) is 6.54 Å². The summed E-state index contributed by atoms with van der Waals surface area (Å²) >= 11 is 0. The number of aliphatic hydroxyl groups is 1. The summed E-state index contributed by atoms with van der Waals surface area (Å²) in [6.07, 6.45) is 1.84. The van der Waals surface area contributed by atoms with Crippen molar-refractivity contribution in [3.63, 3.8) is 0 Å². The molecule has 1 aromatic rings. The summed E-state index contributed by atoms with van der Waals surface area (Å²) in [4.78, 5) is 0. The summed E-state index contributed by atoms with van der Waals surface area (Å²) in [5.41, 5.74) is 2.55.